The van der Waals surface area contributed by atoms with Crippen LogP contribution in [0.2, 0.25) is 0 Å². The quantitative estimate of drug-likeness (QED) is 0.276. The Morgan fingerprint density at radius 2 is 2.10 bits per heavy atom. The van der Waals surface area contributed by atoms with Gasteiger partial charge >= 0.3 is 0 Å². The first-order valence-electron chi connectivity index (χ1n) is 6.14. The van der Waals surface area contributed by atoms with Crippen LogP contribution in [0, 0.1) is 10.1 Å². The molecule has 4 N–H and O–H groups in total. The lowest BCUT2D eigenvalue weighted by molar-refractivity contribution is -0.387. The lowest BCUT2D eigenvalue weighted by Gasteiger charge is -2.10. The van der Waals surface area contributed by atoms with E-state index in [1.807, 2.05) is 13.8 Å². The Labute approximate surface area is 122 Å². The van der Waals surface area contributed by atoms with Gasteiger partial charge in [0, 0.05) is 12.6 Å². The Balaban J connectivity index is 2.94. The number of benzene rings is 1. The van der Waals surface area contributed by atoms with Gasteiger partial charge in [-0.1, -0.05) is 0 Å². The zero-order valence-electron chi connectivity index (χ0n) is 11.7. The number of nitrogens with two attached hydrogens (primary N) is 1. The molecule has 0 aliphatic rings. The van der Waals surface area contributed by atoms with E-state index in [1.54, 1.807) is 0 Å². The van der Waals surface area contributed by atoms with Gasteiger partial charge in [-0.25, -0.2) is 13.1 Å². The van der Waals surface area contributed by atoms with Crippen LogP contribution in [0.4, 0.5) is 11.4 Å². The summed E-state index contributed by atoms with van der Waals surface area (Å²) in [4.78, 5) is 9.78. The van der Waals surface area contributed by atoms with Crippen molar-refractivity contribution in [3.63, 3.8) is 0 Å². The molecule has 0 saturated heterocycles. The van der Waals surface area contributed by atoms with Gasteiger partial charge in [0.05, 0.1) is 23.3 Å². The van der Waals surface area contributed by atoms with Crippen LogP contribution < -0.4 is 16.0 Å². The maximum Gasteiger partial charge on any atom is 0.291 e. The third-order valence-electron chi connectivity index (χ3n) is 2.46. The summed E-state index contributed by atoms with van der Waals surface area (Å²) in [5, 5.41) is 11.0. The number of hydrogen-bond donors (Lipinski definition) is 3. The summed E-state index contributed by atoms with van der Waals surface area (Å²) in [7, 11) is -4.00. The highest BCUT2D eigenvalue weighted by atomic mass is 32.2. The minimum absolute atomic E-state index is 0.0224. The second-order valence-electron chi connectivity index (χ2n) is 4.40. The fourth-order valence-electron chi connectivity index (χ4n) is 1.53. The van der Waals surface area contributed by atoms with Crippen LogP contribution >= 0.6 is 0 Å². The Hall–Kier alpha value is -1.75. The predicted molar refractivity (Wildman–Crippen MR) is 77.2 cm³/mol. The van der Waals surface area contributed by atoms with Crippen molar-refractivity contribution in [3.05, 3.63) is 28.3 Å². The molecule has 1 aromatic carbocycles. The summed E-state index contributed by atoms with van der Waals surface area (Å²) in [5.74, 6) is 5.15. The molecular formula is C11H18N4O5S. The maximum atomic E-state index is 12.1. The molecule has 118 valence electrons. The largest absolute Gasteiger partial charge is 0.377 e. The molecule has 0 fully saturated rings. The SMILES string of the molecule is CC(C)OCCNS(=O)(=O)c1ccc(NN)cc1[N+](=O)[O-]. The number of nitrogen functional groups attached to an aromatic ring is 1. The number of nitro groups is 1. The first-order chi connectivity index (χ1) is 9.77. The summed E-state index contributed by atoms with van der Waals surface area (Å²) in [6, 6.07) is 3.52. The number of hydrazine groups is 1. The van der Waals surface area contributed by atoms with Crippen molar-refractivity contribution in [1.82, 2.24) is 4.72 Å². The molecule has 21 heavy (non-hydrogen) atoms. The van der Waals surface area contributed by atoms with Crippen LogP contribution in [-0.4, -0.2) is 32.6 Å². The molecule has 0 spiro atoms. The number of nitrogens with one attached hydrogen (secondary N) is 2. The van der Waals surface area contributed by atoms with Crippen LogP contribution in [0.25, 0.3) is 0 Å². The van der Waals surface area contributed by atoms with E-state index in [1.165, 1.54) is 6.07 Å². The van der Waals surface area contributed by atoms with E-state index in [-0.39, 0.29) is 24.9 Å². The molecule has 0 radical (unpaired) electrons. The smallest absolute Gasteiger partial charge is 0.291 e. The van der Waals surface area contributed by atoms with Crippen molar-refractivity contribution in [1.29, 1.82) is 0 Å². The molecule has 0 amide bonds. The number of anilines is 1. The van der Waals surface area contributed by atoms with Gasteiger partial charge in [-0.2, -0.15) is 0 Å². The first kappa shape index (κ1) is 17.3. The van der Waals surface area contributed by atoms with Crippen molar-refractivity contribution in [2.24, 2.45) is 5.84 Å². The van der Waals surface area contributed by atoms with Crippen LogP contribution in [0.5, 0.6) is 0 Å². The molecular weight excluding hydrogens is 300 g/mol. The molecule has 0 atom stereocenters. The highest BCUT2D eigenvalue weighted by Crippen LogP contribution is 2.26. The molecule has 1 rings (SSSR count). The Morgan fingerprint density at radius 1 is 1.43 bits per heavy atom. The van der Waals surface area contributed by atoms with Gasteiger partial charge in [0.2, 0.25) is 10.0 Å². The Morgan fingerprint density at radius 3 is 2.62 bits per heavy atom. The zero-order chi connectivity index (χ0) is 16.0. The van der Waals surface area contributed by atoms with Crippen LogP contribution in [0.1, 0.15) is 13.8 Å². The minimum Gasteiger partial charge on any atom is -0.377 e. The lowest BCUT2D eigenvalue weighted by Crippen LogP contribution is -2.28. The van der Waals surface area contributed by atoms with E-state index in [2.05, 4.69) is 10.1 Å². The second-order valence-corrected chi connectivity index (χ2v) is 6.14. The monoisotopic (exact) mass is 318 g/mol. The minimum atomic E-state index is -4.00. The fraction of sp³-hybridized carbons (Fsp3) is 0.455. The van der Waals surface area contributed by atoms with E-state index in [0.29, 0.717) is 0 Å². The molecule has 10 heteroatoms. The van der Waals surface area contributed by atoms with Gasteiger partial charge in [-0.15, -0.1) is 0 Å². The lowest BCUT2D eigenvalue weighted by atomic mass is 10.3. The Kier molecular flexibility index (Phi) is 6.03. The summed E-state index contributed by atoms with van der Waals surface area (Å²) < 4.78 is 31.6. The van der Waals surface area contributed by atoms with E-state index < -0.39 is 25.5 Å². The number of sulfonamides is 1. The zero-order valence-corrected chi connectivity index (χ0v) is 12.5. The van der Waals surface area contributed by atoms with Crippen molar-refractivity contribution < 1.29 is 18.1 Å². The molecule has 0 aliphatic heterocycles. The molecule has 9 nitrogen and oxygen atoms in total. The summed E-state index contributed by atoms with van der Waals surface area (Å²) >= 11 is 0. The van der Waals surface area contributed by atoms with E-state index in [9.17, 15) is 18.5 Å². The van der Waals surface area contributed by atoms with Crippen molar-refractivity contribution in [2.75, 3.05) is 18.6 Å². The van der Waals surface area contributed by atoms with E-state index in [0.717, 1.165) is 12.1 Å². The van der Waals surface area contributed by atoms with Crippen LogP contribution in [0.3, 0.4) is 0 Å². The summed E-state index contributed by atoms with van der Waals surface area (Å²) in [5.41, 5.74) is 1.91. The third kappa shape index (κ3) is 4.93. The van der Waals surface area contributed by atoms with E-state index >= 15 is 0 Å². The van der Waals surface area contributed by atoms with Gasteiger partial charge in [0.15, 0.2) is 4.90 Å². The number of nitrogens with zero attached hydrogens (tertiary/aromatic N) is 1. The molecule has 0 bridgehead atoms. The topological polar surface area (TPSA) is 137 Å². The normalized spacial score (nSPS) is 11.6. The average molecular weight is 318 g/mol. The molecule has 1 aromatic rings. The standard InChI is InChI=1S/C11H18N4O5S/c1-8(2)20-6-5-13-21(18,19)11-4-3-9(14-12)7-10(11)15(16)17/h3-4,7-8,13-14H,5-6,12H2,1-2H3. The van der Waals surface area contributed by atoms with Crippen molar-refractivity contribution in [3.8, 4) is 0 Å². The molecule has 0 heterocycles. The van der Waals surface area contributed by atoms with Crippen LogP contribution in [-0.2, 0) is 14.8 Å². The summed E-state index contributed by atoms with van der Waals surface area (Å²) in [6.07, 6.45) is -0.0289. The first-order valence-corrected chi connectivity index (χ1v) is 7.62. The number of ether oxygens (including phenoxy) is 1. The number of rotatable bonds is 8. The molecule has 0 saturated carbocycles. The number of nitro benzene ring substituents is 1. The average Bonchev–Trinajstić information content (AvgIpc) is 2.42. The summed E-state index contributed by atoms with van der Waals surface area (Å²) in [6.45, 7) is 3.83. The van der Waals surface area contributed by atoms with Gasteiger partial charge in [-0.05, 0) is 26.0 Å². The fourth-order valence-corrected chi connectivity index (χ4v) is 2.69. The van der Waals surface area contributed by atoms with Crippen molar-refractivity contribution >= 4 is 21.4 Å². The Bertz CT molecular complexity index is 603. The van der Waals surface area contributed by atoms with Gasteiger partial charge in [-0.3, -0.25) is 16.0 Å². The third-order valence-corrected chi connectivity index (χ3v) is 3.97. The molecule has 0 aliphatic carbocycles. The predicted octanol–water partition coefficient (Wildman–Crippen LogP) is 0.584. The highest BCUT2D eigenvalue weighted by molar-refractivity contribution is 7.89. The van der Waals surface area contributed by atoms with Gasteiger partial charge in [0.25, 0.3) is 5.69 Å². The number of hydrogen-bond acceptors (Lipinski definition) is 7. The highest BCUT2D eigenvalue weighted by Gasteiger charge is 2.25. The van der Waals surface area contributed by atoms with Gasteiger partial charge in [0.1, 0.15) is 0 Å². The van der Waals surface area contributed by atoms with Gasteiger partial charge < -0.3 is 10.2 Å². The van der Waals surface area contributed by atoms with Crippen molar-refractivity contribution in [2.45, 2.75) is 24.8 Å². The van der Waals surface area contributed by atoms with Crippen LogP contribution in [0.15, 0.2) is 23.1 Å². The molecule has 0 unspecified atom stereocenters. The maximum absolute atomic E-state index is 12.1. The van der Waals surface area contributed by atoms with E-state index in [4.69, 9.17) is 10.6 Å². The molecule has 0 aromatic heterocycles. The second kappa shape index (κ2) is 7.31.